The van der Waals surface area contributed by atoms with Crippen LogP contribution in [0.4, 0.5) is 5.69 Å². The summed E-state index contributed by atoms with van der Waals surface area (Å²) in [5.41, 5.74) is 0.693. The van der Waals surface area contributed by atoms with Gasteiger partial charge in [-0.1, -0.05) is 36.0 Å². The number of amides is 1. The van der Waals surface area contributed by atoms with Gasteiger partial charge in [-0.05, 0) is 53.7 Å². The Labute approximate surface area is 161 Å². The van der Waals surface area contributed by atoms with Crippen LogP contribution in [-0.2, 0) is 11.3 Å². The van der Waals surface area contributed by atoms with E-state index in [4.69, 9.17) is 4.74 Å². The Morgan fingerprint density at radius 1 is 1.22 bits per heavy atom. The number of hydrogen-bond acceptors (Lipinski definition) is 6. The molecule has 3 aromatic rings. The molecule has 0 aliphatic heterocycles. The molecule has 0 aliphatic rings. The summed E-state index contributed by atoms with van der Waals surface area (Å²) in [6.07, 6.45) is 1.70. The van der Waals surface area contributed by atoms with E-state index in [-0.39, 0.29) is 11.2 Å². The second-order valence-electron chi connectivity index (χ2n) is 5.62. The molecule has 1 unspecified atom stereocenters. The van der Waals surface area contributed by atoms with Crippen molar-refractivity contribution in [2.75, 3.05) is 5.32 Å². The number of tetrazole rings is 1. The lowest BCUT2D eigenvalue weighted by Gasteiger charge is -2.12. The van der Waals surface area contributed by atoms with Gasteiger partial charge in [0.15, 0.2) is 0 Å². The second-order valence-corrected chi connectivity index (χ2v) is 6.93. The van der Waals surface area contributed by atoms with E-state index in [1.807, 2.05) is 42.5 Å². The third-order valence-corrected chi connectivity index (χ3v) is 4.62. The van der Waals surface area contributed by atoms with Crippen molar-refractivity contribution in [2.45, 2.75) is 23.9 Å². The van der Waals surface area contributed by atoms with Crippen molar-refractivity contribution < 1.29 is 9.53 Å². The van der Waals surface area contributed by atoms with Crippen LogP contribution in [-0.4, -0.2) is 31.4 Å². The van der Waals surface area contributed by atoms with E-state index in [0.29, 0.717) is 23.1 Å². The molecule has 1 heterocycles. The highest BCUT2D eigenvalue weighted by atomic mass is 32.2. The summed E-state index contributed by atoms with van der Waals surface area (Å²) in [7, 11) is 0. The van der Waals surface area contributed by atoms with Crippen molar-refractivity contribution in [2.24, 2.45) is 0 Å². The topological polar surface area (TPSA) is 81.9 Å². The number of carbonyl (C=O) groups excluding carboxylic acids is 1. The maximum Gasteiger partial charge on any atom is 0.237 e. The number of anilines is 1. The molecule has 7 nitrogen and oxygen atoms in total. The highest BCUT2D eigenvalue weighted by Gasteiger charge is 2.18. The third kappa shape index (κ3) is 5.18. The van der Waals surface area contributed by atoms with Crippen LogP contribution in [0, 0.1) is 0 Å². The van der Waals surface area contributed by atoms with Crippen molar-refractivity contribution in [1.29, 1.82) is 0 Å². The zero-order chi connectivity index (χ0) is 19.1. The lowest BCUT2D eigenvalue weighted by Crippen LogP contribution is -2.23. The molecule has 3 rings (SSSR count). The predicted octanol–water partition coefficient (Wildman–Crippen LogP) is 3.77. The fourth-order valence-corrected chi connectivity index (χ4v) is 3.00. The highest BCUT2D eigenvalue weighted by Crippen LogP contribution is 2.24. The highest BCUT2D eigenvalue weighted by molar-refractivity contribution is 8.00. The van der Waals surface area contributed by atoms with Gasteiger partial charge >= 0.3 is 0 Å². The second kappa shape index (κ2) is 9.00. The van der Waals surface area contributed by atoms with Gasteiger partial charge in [-0.3, -0.25) is 4.79 Å². The molecule has 1 amide bonds. The van der Waals surface area contributed by atoms with E-state index in [2.05, 4.69) is 27.4 Å². The van der Waals surface area contributed by atoms with Crippen molar-refractivity contribution in [3.05, 3.63) is 67.3 Å². The quantitative estimate of drug-likeness (QED) is 0.472. The molecule has 0 saturated heterocycles. The molecule has 1 atom stereocenters. The lowest BCUT2D eigenvalue weighted by atomic mass is 10.3. The molecule has 0 bridgehead atoms. The van der Waals surface area contributed by atoms with E-state index in [9.17, 15) is 4.79 Å². The normalized spacial score (nSPS) is 11.6. The van der Waals surface area contributed by atoms with Crippen LogP contribution in [0.3, 0.4) is 0 Å². The van der Waals surface area contributed by atoms with Crippen LogP contribution in [0.15, 0.2) is 72.4 Å². The molecule has 1 N–H and O–H groups in total. The number of nitrogens with one attached hydrogen (secondary N) is 1. The Kier molecular flexibility index (Phi) is 6.22. The molecule has 2 aromatic carbocycles. The molecular formula is C19H19N5O2S. The van der Waals surface area contributed by atoms with Crippen LogP contribution < -0.4 is 10.1 Å². The largest absolute Gasteiger partial charge is 0.457 e. The monoisotopic (exact) mass is 381 g/mol. The minimum absolute atomic E-state index is 0.134. The summed E-state index contributed by atoms with van der Waals surface area (Å²) >= 11 is 1.29. The number of hydrogen-bond donors (Lipinski definition) is 1. The number of ether oxygens (including phenoxy) is 1. The number of thioether (sulfide) groups is 1. The van der Waals surface area contributed by atoms with Crippen LogP contribution >= 0.6 is 11.8 Å². The Hall–Kier alpha value is -3.13. The first-order chi connectivity index (χ1) is 13.2. The van der Waals surface area contributed by atoms with E-state index in [0.717, 1.165) is 5.75 Å². The summed E-state index contributed by atoms with van der Waals surface area (Å²) in [6.45, 7) is 5.96. The van der Waals surface area contributed by atoms with Gasteiger partial charge in [0.05, 0.1) is 11.8 Å². The first-order valence-electron chi connectivity index (χ1n) is 8.33. The molecule has 0 radical (unpaired) electrons. The molecule has 1 aromatic heterocycles. The van der Waals surface area contributed by atoms with Crippen molar-refractivity contribution in [3.8, 4) is 11.5 Å². The third-order valence-electron chi connectivity index (χ3n) is 3.55. The van der Waals surface area contributed by atoms with Gasteiger partial charge in [0.2, 0.25) is 11.1 Å². The predicted molar refractivity (Wildman–Crippen MR) is 105 cm³/mol. The number of para-hydroxylation sites is 1. The van der Waals surface area contributed by atoms with Gasteiger partial charge in [0.1, 0.15) is 11.5 Å². The first kappa shape index (κ1) is 18.7. The van der Waals surface area contributed by atoms with E-state index < -0.39 is 0 Å². The average molecular weight is 381 g/mol. The number of benzene rings is 2. The first-order valence-corrected chi connectivity index (χ1v) is 9.21. The molecule has 138 valence electrons. The molecule has 8 heteroatoms. The Balaban J connectivity index is 1.57. The molecular weight excluding hydrogens is 362 g/mol. The SMILES string of the molecule is C=CCn1nnnc1SC(C)C(=O)Nc1ccc(Oc2ccccc2)cc1. The zero-order valence-corrected chi connectivity index (χ0v) is 15.6. The maximum absolute atomic E-state index is 12.4. The number of carbonyl (C=O) groups is 1. The number of rotatable bonds is 8. The number of aromatic nitrogens is 4. The van der Waals surface area contributed by atoms with Crippen molar-refractivity contribution in [3.63, 3.8) is 0 Å². The summed E-state index contributed by atoms with van der Waals surface area (Å²) in [5.74, 6) is 1.33. The van der Waals surface area contributed by atoms with E-state index in [1.165, 1.54) is 11.8 Å². The molecule has 0 aliphatic carbocycles. The minimum atomic E-state index is -0.361. The smallest absolute Gasteiger partial charge is 0.237 e. The summed E-state index contributed by atoms with van der Waals surface area (Å²) < 4.78 is 7.34. The minimum Gasteiger partial charge on any atom is -0.457 e. The van der Waals surface area contributed by atoms with Crippen LogP contribution in [0.5, 0.6) is 11.5 Å². The fourth-order valence-electron chi connectivity index (χ4n) is 2.20. The summed E-state index contributed by atoms with van der Waals surface area (Å²) in [5, 5.41) is 14.5. The summed E-state index contributed by atoms with van der Waals surface area (Å²) in [6, 6.07) is 16.7. The molecule has 0 fully saturated rings. The van der Waals surface area contributed by atoms with Gasteiger partial charge in [0, 0.05) is 5.69 Å². The van der Waals surface area contributed by atoms with Crippen molar-refractivity contribution >= 4 is 23.4 Å². The van der Waals surface area contributed by atoms with Crippen LogP contribution in [0.2, 0.25) is 0 Å². The van der Waals surface area contributed by atoms with Gasteiger partial charge < -0.3 is 10.1 Å². The Bertz CT molecular complexity index is 896. The Morgan fingerprint density at radius 3 is 2.63 bits per heavy atom. The lowest BCUT2D eigenvalue weighted by molar-refractivity contribution is -0.115. The fraction of sp³-hybridized carbons (Fsp3) is 0.158. The summed E-state index contributed by atoms with van der Waals surface area (Å²) in [4.78, 5) is 12.4. The standard InChI is InChI=1S/C19H19N5O2S/c1-3-13-24-19(21-22-23-24)27-14(2)18(25)20-15-9-11-17(12-10-15)26-16-7-5-4-6-8-16/h3-12,14H,1,13H2,2H3,(H,20,25). The van der Waals surface area contributed by atoms with E-state index >= 15 is 0 Å². The molecule has 27 heavy (non-hydrogen) atoms. The maximum atomic E-state index is 12.4. The number of nitrogens with zero attached hydrogens (tertiary/aromatic N) is 4. The van der Waals surface area contributed by atoms with Gasteiger partial charge in [-0.2, -0.15) is 0 Å². The average Bonchev–Trinajstić information content (AvgIpc) is 3.11. The molecule has 0 spiro atoms. The number of allylic oxidation sites excluding steroid dienone is 1. The Morgan fingerprint density at radius 2 is 1.93 bits per heavy atom. The van der Waals surface area contributed by atoms with Gasteiger partial charge in [-0.25, -0.2) is 4.68 Å². The van der Waals surface area contributed by atoms with Crippen LogP contribution in [0.1, 0.15) is 6.92 Å². The van der Waals surface area contributed by atoms with Gasteiger partial charge in [-0.15, -0.1) is 11.7 Å². The van der Waals surface area contributed by atoms with Gasteiger partial charge in [0.25, 0.3) is 0 Å². The zero-order valence-electron chi connectivity index (χ0n) is 14.8. The van der Waals surface area contributed by atoms with E-state index in [1.54, 1.807) is 29.8 Å². The van der Waals surface area contributed by atoms with Crippen molar-refractivity contribution in [1.82, 2.24) is 20.2 Å². The van der Waals surface area contributed by atoms with Crippen LogP contribution in [0.25, 0.3) is 0 Å². The molecule has 0 saturated carbocycles.